The van der Waals surface area contributed by atoms with E-state index in [0.717, 1.165) is 31.1 Å². The summed E-state index contributed by atoms with van der Waals surface area (Å²) in [7, 11) is -1.68. The fraction of sp³-hybridized carbons (Fsp3) is 0.762. The molecule has 1 aromatic heterocycles. The van der Waals surface area contributed by atoms with E-state index in [9.17, 15) is 0 Å². The molecular weight excluding hydrogens is 356 g/mol. The first-order chi connectivity index (χ1) is 12.7. The Morgan fingerprint density at radius 3 is 2.74 bits per heavy atom. The van der Waals surface area contributed by atoms with Crippen molar-refractivity contribution in [3.05, 3.63) is 17.8 Å². The lowest BCUT2D eigenvalue weighted by atomic mass is 9.97. The van der Waals surface area contributed by atoms with E-state index >= 15 is 0 Å². The van der Waals surface area contributed by atoms with Gasteiger partial charge >= 0.3 is 0 Å². The molecule has 6 heteroatoms. The number of pyridine rings is 1. The molecule has 0 amide bonds. The Hall–Kier alpha value is -1.11. The molecule has 0 saturated carbocycles. The van der Waals surface area contributed by atoms with E-state index in [0.29, 0.717) is 25.0 Å². The van der Waals surface area contributed by atoms with Gasteiger partial charge in [-0.3, -0.25) is 4.90 Å². The fourth-order valence-electron chi connectivity index (χ4n) is 3.49. The Morgan fingerprint density at radius 2 is 2.00 bits per heavy atom. The first kappa shape index (κ1) is 20.6. The summed E-state index contributed by atoms with van der Waals surface area (Å²) in [6.07, 6.45) is 2.48. The lowest BCUT2D eigenvalue weighted by molar-refractivity contribution is 0.0940. The van der Waals surface area contributed by atoms with Crippen LogP contribution in [0.25, 0.3) is 0 Å². The SMILES string of the molecule is CC(c1ccc2c(n1)OCCO2)N1CCC[C@@H](CO[Si](C)(C)C(C)(C)C)C1. The number of nitrogens with zero attached hydrogens (tertiary/aromatic N) is 2. The predicted octanol–water partition coefficient (Wildman–Crippen LogP) is 4.65. The van der Waals surface area contributed by atoms with Crippen molar-refractivity contribution < 1.29 is 13.9 Å². The van der Waals surface area contributed by atoms with Crippen molar-refractivity contribution in [2.45, 2.75) is 64.7 Å². The van der Waals surface area contributed by atoms with Crippen molar-refractivity contribution in [3.8, 4) is 11.6 Å². The van der Waals surface area contributed by atoms with Gasteiger partial charge in [-0.05, 0) is 62.5 Å². The predicted molar refractivity (Wildman–Crippen MR) is 111 cm³/mol. The number of hydrogen-bond donors (Lipinski definition) is 0. The van der Waals surface area contributed by atoms with Gasteiger partial charge in [-0.25, -0.2) is 4.98 Å². The van der Waals surface area contributed by atoms with E-state index in [-0.39, 0.29) is 11.1 Å². The van der Waals surface area contributed by atoms with Gasteiger partial charge in [-0.1, -0.05) is 20.8 Å². The summed E-state index contributed by atoms with van der Waals surface area (Å²) in [6, 6.07) is 4.35. The van der Waals surface area contributed by atoms with E-state index in [4.69, 9.17) is 18.9 Å². The number of rotatable bonds is 5. The Labute approximate surface area is 165 Å². The first-order valence-corrected chi connectivity index (χ1v) is 13.2. The zero-order valence-electron chi connectivity index (χ0n) is 17.9. The van der Waals surface area contributed by atoms with Gasteiger partial charge in [0.1, 0.15) is 13.2 Å². The lowest BCUT2D eigenvalue weighted by Gasteiger charge is -2.40. The molecule has 1 fully saturated rings. The zero-order chi connectivity index (χ0) is 19.7. The molecule has 0 aromatic carbocycles. The van der Waals surface area contributed by atoms with Gasteiger partial charge in [0.15, 0.2) is 14.1 Å². The summed E-state index contributed by atoms with van der Waals surface area (Å²) < 4.78 is 17.8. The highest BCUT2D eigenvalue weighted by Crippen LogP contribution is 2.37. The van der Waals surface area contributed by atoms with Crippen LogP contribution < -0.4 is 9.47 Å². The standard InChI is InChI=1S/C21H36N2O3Si/c1-16(18-9-10-19-20(22-18)25-13-12-24-19)23-11-7-8-17(14-23)15-26-27(5,6)21(2,3)4/h9-10,16-17H,7-8,11-15H2,1-6H3/t16?,17-/m1/s1. The normalized spacial score (nSPS) is 22.5. The minimum Gasteiger partial charge on any atom is -0.484 e. The molecule has 0 bridgehead atoms. The number of likely N-dealkylation sites (tertiary alicyclic amines) is 1. The summed E-state index contributed by atoms with van der Waals surface area (Å²) in [5.41, 5.74) is 1.06. The monoisotopic (exact) mass is 392 g/mol. The molecule has 0 N–H and O–H groups in total. The molecule has 27 heavy (non-hydrogen) atoms. The van der Waals surface area contributed by atoms with Crippen molar-refractivity contribution in [2.24, 2.45) is 5.92 Å². The largest absolute Gasteiger partial charge is 0.484 e. The van der Waals surface area contributed by atoms with Gasteiger partial charge in [-0.2, -0.15) is 0 Å². The Bertz CT molecular complexity index is 645. The summed E-state index contributed by atoms with van der Waals surface area (Å²) in [5.74, 6) is 2.00. The highest BCUT2D eigenvalue weighted by Gasteiger charge is 2.38. The van der Waals surface area contributed by atoms with Crippen LogP contribution in [0.5, 0.6) is 11.6 Å². The quantitative estimate of drug-likeness (QED) is 0.683. The molecule has 1 aromatic rings. The summed E-state index contributed by atoms with van der Waals surface area (Å²) in [4.78, 5) is 7.26. The summed E-state index contributed by atoms with van der Waals surface area (Å²) in [5, 5.41) is 0.268. The van der Waals surface area contributed by atoms with Gasteiger partial charge in [0.05, 0.1) is 5.69 Å². The van der Waals surface area contributed by atoms with Crippen molar-refractivity contribution in [1.82, 2.24) is 9.88 Å². The van der Waals surface area contributed by atoms with Crippen LogP contribution in [0.4, 0.5) is 0 Å². The molecule has 0 radical (unpaired) electrons. The van der Waals surface area contributed by atoms with E-state index < -0.39 is 8.32 Å². The fourth-order valence-corrected chi connectivity index (χ4v) is 4.58. The highest BCUT2D eigenvalue weighted by atomic mass is 28.4. The molecule has 3 heterocycles. The van der Waals surface area contributed by atoms with Gasteiger partial charge in [0.25, 0.3) is 5.88 Å². The minimum absolute atomic E-state index is 0.268. The van der Waals surface area contributed by atoms with Gasteiger partial charge in [0, 0.05) is 19.2 Å². The second-order valence-electron chi connectivity index (χ2n) is 9.49. The summed E-state index contributed by atoms with van der Waals surface area (Å²) >= 11 is 0. The second-order valence-corrected chi connectivity index (χ2v) is 14.3. The van der Waals surface area contributed by atoms with Crippen LogP contribution in [-0.4, -0.2) is 51.1 Å². The van der Waals surface area contributed by atoms with E-state index in [1.165, 1.54) is 12.8 Å². The van der Waals surface area contributed by atoms with Crippen LogP contribution in [0.2, 0.25) is 18.1 Å². The van der Waals surface area contributed by atoms with Crippen molar-refractivity contribution in [3.63, 3.8) is 0 Å². The van der Waals surface area contributed by atoms with Crippen LogP contribution in [0.15, 0.2) is 12.1 Å². The summed E-state index contributed by atoms with van der Waals surface area (Å²) in [6.45, 7) is 18.1. The third-order valence-corrected chi connectivity index (χ3v) is 10.9. The van der Waals surface area contributed by atoms with Crippen molar-refractivity contribution >= 4 is 8.32 Å². The van der Waals surface area contributed by atoms with Gasteiger partial charge < -0.3 is 13.9 Å². The zero-order valence-corrected chi connectivity index (χ0v) is 18.9. The molecule has 3 rings (SSSR count). The molecule has 0 aliphatic carbocycles. The molecular formula is C21H36N2O3Si. The van der Waals surface area contributed by atoms with Crippen LogP contribution in [0, 0.1) is 5.92 Å². The van der Waals surface area contributed by atoms with E-state index in [1.807, 2.05) is 6.07 Å². The van der Waals surface area contributed by atoms with Crippen LogP contribution in [0.3, 0.4) is 0 Å². The number of aromatic nitrogens is 1. The van der Waals surface area contributed by atoms with Crippen LogP contribution in [-0.2, 0) is 4.43 Å². The van der Waals surface area contributed by atoms with Gasteiger partial charge in [-0.15, -0.1) is 0 Å². The van der Waals surface area contributed by atoms with Crippen LogP contribution >= 0.6 is 0 Å². The third kappa shape index (κ3) is 4.84. The molecule has 2 aliphatic rings. The molecule has 1 unspecified atom stereocenters. The Balaban J connectivity index is 1.60. The Kier molecular flexibility index (Phi) is 6.18. The molecule has 0 spiro atoms. The van der Waals surface area contributed by atoms with Gasteiger partial charge in [0.2, 0.25) is 0 Å². The molecule has 5 nitrogen and oxygen atoms in total. The maximum absolute atomic E-state index is 6.50. The average Bonchev–Trinajstić information content (AvgIpc) is 2.65. The number of piperidine rings is 1. The van der Waals surface area contributed by atoms with Crippen LogP contribution in [0.1, 0.15) is 52.3 Å². The van der Waals surface area contributed by atoms with Crippen molar-refractivity contribution in [2.75, 3.05) is 32.9 Å². The number of ether oxygens (including phenoxy) is 2. The molecule has 152 valence electrons. The van der Waals surface area contributed by atoms with E-state index in [1.54, 1.807) is 0 Å². The molecule has 2 aliphatic heterocycles. The van der Waals surface area contributed by atoms with E-state index in [2.05, 4.69) is 51.8 Å². The average molecular weight is 393 g/mol. The van der Waals surface area contributed by atoms with Crippen molar-refractivity contribution in [1.29, 1.82) is 0 Å². The highest BCUT2D eigenvalue weighted by molar-refractivity contribution is 6.74. The Morgan fingerprint density at radius 1 is 1.26 bits per heavy atom. The smallest absolute Gasteiger partial charge is 0.257 e. The lowest BCUT2D eigenvalue weighted by Crippen LogP contribution is -2.44. The minimum atomic E-state index is -1.68. The third-order valence-electron chi connectivity index (χ3n) is 6.44. The molecule has 1 saturated heterocycles. The first-order valence-electron chi connectivity index (χ1n) is 10.3. The maximum atomic E-state index is 6.50. The number of hydrogen-bond acceptors (Lipinski definition) is 5. The maximum Gasteiger partial charge on any atom is 0.257 e. The number of fused-ring (bicyclic) bond motifs is 1. The topological polar surface area (TPSA) is 43.8 Å². The second kappa shape index (κ2) is 8.09. The molecule has 2 atom stereocenters.